The highest BCUT2D eigenvalue weighted by Crippen LogP contribution is 2.27. The molecular weight excluding hydrogens is 188 g/mol. The zero-order valence-electron chi connectivity index (χ0n) is 7.24. The number of hydrogen-bond donors (Lipinski definition) is 1. The van der Waals surface area contributed by atoms with Crippen LogP contribution in [-0.2, 0) is 16.3 Å². The van der Waals surface area contributed by atoms with E-state index in [9.17, 15) is 8.42 Å². The molecule has 1 aliphatic rings. The molecule has 2 rings (SSSR count). The first-order chi connectivity index (χ1) is 6.09. The first-order valence-electron chi connectivity index (χ1n) is 4.01. The number of rotatable bonds is 1. The van der Waals surface area contributed by atoms with Gasteiger partial charge in [-0.3, -0.25) is 4.98 Å². The average Bonchev–Trinajstić information content (AvgIpc) is 2.48. The molecule has 1 aliphatic heterocycles. The molecule has 5 heteroatoms. The fraction of sp³-hybridized carbons (Fsp3) is 0.375. The van der Waals surface area contributed by atoms with Gasteiger partial charge in [0.1, 0.15) is 0 Å². The van der Waals surface area contributed by atoms with Crippen molar-refractivity contribution in [2.75, 3.05) is 18.1 Å². The Balaban J connectivity index is 2.67. The zero-order valence-corrected chi connectivity index (χ0v) is 8.06. The average molecular weight is 198 g/mol. The lowest BCUT2D eigenvalue weighted by atomic mass is 10.3. The van der Waals surface area contributed by atoms with Crippen LogP contribution in [0.4, 0.5) is 5.69 Å². The van der Waals surface area contributed by atoms with Gasteiger partial charge in [0, 0.05) is 25.4 Å². The molecule has 0 saturated carbocycles. The molecule has 0 amide bonds. The molecule has 13 heavy (non-hydrogen) atoms. The summed E-state index contributed by atoms with van der Waals surface area (Å²) in [6.45, 7) is 0.773. The maximum absolute atomic E-state index is 11.3. The fourth-order valence-corrected chi connectivity index (χ4v) is 2.35. The summed E-state index contributed by atoms with van der Waals surface area (Å²) in [6, 6.07) is 1.53. The van der Waals surface area contributed by atoms with Crippen molar-refractivity contribution in [1.82, 2.24) is 4.98 Å². The van der Waals surface area contributed by atoms with E-state index < -0.39 is 9.84 Å². The highest BCUT2D eigenvalue weighted by atomic mass is 32.2. The molecule has 1 aromatic rings. The molecule has 0 fully saturated rings. The molecule has 0 aromatic carbocycles. The normalized spacial score (nSPS) is 15.2. The summed E-state index contributed by atoms with van der Waals surface area (Å²) < 4.78 is 22.6. The van der Waals surface area contributed by atoms with Gasteiger partial charge >= 0.3 is 0 Å². The van der Waals surface area contributed by atoms with Crippen LogP contribution >= 0.6 is 0 Å². The van der Waals surface area contributed by atoms with Crippen molar-refractivity contribution in [3.8, 4) is 0 Å². The summed E-state index contributed by atoms with van der Waals surface area (Å²) >= 11 is 0. The Hall–Kier alpha value is -1.10. The van der Waals surface area contributed by atoms with Crippen LogP contribution in [-0.4, -0.2) is 26.2 Å². The van der Waals surface area contributed by atoms with E-state index in [1.165, 1.54) is 12.3 Å². The number of hydrogen-bond acceptors (Lipinski definition) is 4. The minimum atomic E-state index is -3.13. The minimum absolute atomic E-state index is 0.356. The van der Waals surface area contributed by atoms with Crippen molar-refractivity contribution in [3.05, 3.63) is 18.0 Å². The van der Waals surface area contributed by atoms with Crippen LogP contribution < -0.4 is 5.32 Å². The highest BCUT2D eigenvalue weighted by molar-refractivity contribution is 7.90. The summed E-state index contributed by atoms with van der Waals surface area (Å²) in [7, 11) is -3.13. The lowest BCUT2D eigenvalue weighted by molar-refractivity contribution is 0.602. The number of fused-ring (bicyclic) bond motifs is 1. The van der Waals surface area contributed by atoms with Crippen molar-refractivity contribution in [3.63, 3.8) is 0 Å². The summed E-state index contributed by atoms with van der Waals surface area (Å²) in [4.78, 5) is 4.46. The third-order valence-electron chi connectivity index (χ3n) is 2.05. The van der Waals surface area contributed by atoms with Crippen LogP contribution in [0, 0.1) is 0 Å². The SMILES string of the molecule is CS(=O)(=O)c1ccnc2c1NCC2. The Morgan fingerprint density at radius 2 is 2.31 bits per heavy atom. The number of pyridine rings is 1. The van der Waals surface area contributed by atoms with Crippen molar-refractivity contribution in [2.45, 2.75) is 11.3 Å². The summed E-state index contributed by atoms with van der Waals surface area (Å²) in [5, 5.41) is 3.03. The Kier molecular flexibility index (Phi) is 1.76. The number of anilines is 1. The molecule has 1 N–H and O–H groups in total. The molecule has 0 aliphatic carbocycles. The topological polar surface area (TPSA) is 59.1 Å². The highest BCUT2D eigenvalue weighted by Gasteiger charge is 2.20. The maximum atomic E-state index is 11.3. The van der Waals surface area contributed by atoms with E-state index in [2.05, 4.69) is 10.3 Å². The summed E-state index contributed by atoms with van der Waals surface area (Å²) in [5.41, 5.74) is 1.54. The van der Waals surface area contributed by atoms with E-state index in [0.29, 0.717) is 10.6 Å². The monoisotopic (exact) mass is 198 g/mol. The van der Waals surface area contributed by atoms with Crippen molar-refractivity contribution in [1.29, 1.82) is 0 Å². The van der Waals surface area contributed by atoms with Crippen molar-refractivity contribution in [2.24, 2.45) is 0 Å². The number of nitrogens with one attached hydrogen (secondary N) is 1. The van der Waals surface area contributed by atoms with E-state index in [1.807, 2.05) is 0 Å². The van der Waals surface area contributed by atoms with Crippen LogP contribution in [0.25, 0.3) is 0 Å². The molecule has 0 atom stereocenters. The van der Waals surface area contributed by atoms with Crippen LogP contribution in [0.3, 0.4) is 0 Å². The standard InChI is InChI=1S/C8H10N2O2S/c1-13(11,12)7-3-5-9-6-2-4-10-8(6)7/h3,5,10H,2,4H2,1H3. The minimum Gasteiger partial charge on any atom is -0.382 e. The zero-order chi connectivity index (χ0) is 9.47. The van der Waals surface area contributed by atoms with Gasteiger partial charge in [-0.2, -0.15) is 0 Å². The van der Waals surface area contributed by atoms with Gasteiger partial charge in [0.2, 0.25) is 0 Å². The molecule has 1 aromatic heterocycles. The molecule has 4 nitrogen and oxygen atoms in total. The van der Waals surface area contributed by atoms with Gasteiger partial charge in [0.15, 0.2) is 9.84 Å². The maximum Gasteiger partial charge on any atom is 0.177 e. The van der Waals surface area contributed by atoms with E-state index in [-0.39, 0.29) is 0 Å². The van der Waals surface area contributed by atoms with E-state index in [4.69, 9.17) is 0 Å². The molecule has 0 saturated heterocycles. The van der Waals surface area contributed by atoms with Gasteiger partial charge in [0.05, 0.1) is 16.3 Å². The first-order valence-corrected chi connectivity index (χ1v) is 5.90. The van der Waals surface area contributed by atoms with Gasteiger partial charge in [-0.1, -0.05) is 0 Å². The molecular formula is C8H10N2O2S. The van der Waals surface area contributed by atoms with E-state index >= 15 is 0 Å². The predicted octanol–water partition coefficient (Wildman–Crippen LogP) is 0.453. The molecule has 0 bridgehead atoms. The Bertz CT molecular complexity index is 439. The predicted molar refractivity (Wildman–Crippen MR) is 49.5 cm³/mol. The lowest BCUT2D eigenvalue weighted by Gasteiger charge is -2.04. The van der Waals surface area contributed by atoms with Crippen LogP contribution in [0.5, 0.6) is 0 Å². The quantitative estimate of drug-likeness (QED) is 0.712. The Labute approximate surface area is 76.9 Å². The first kappa shape index (κ1) is 8.50. The third-order valence-corrected chi connectivity index (χ3v) is 3.19. The van der Waals surface area contributed by atoms with Gasteiger partial charge < -0.3 is 5.32 Å². The van der Waals surface area contributed by atoms with Gasteiger partial charge in [0.25, 0.3) is 0 Å². The smallest absolute Gasteiger partial charge is 0.177 e. The molecule has 0 radical (unpaired) electrons. The second kappa shape index (κ2) is 2.70. The molecule has 70 valence electrons. The Morgan fingerprint density at radius 1 is 1.54 bits per heavy atom. The van der Waals surface area contributed by atoms with Gasteiger partial charge in [-0.25, -0.2) is 8.42 Å². The number of sulfone groups is 1. The van der Waals surface area contributed by atoms with Crippen molar-refractivity contribution < 1.29 is 8.42 Å². The molecule has 2 heterocycles. The van der Waals surface area contributed by atoms with Gasteiger partial charge in [-0.15, -0.1) is 0 Å². The largest absolute Gasteiger partial charge is 0.382 e. The second-order valence-electron chi connectivity index (χ2n) is 3.08. The van der Waals surface area contributed by atoms with Crippen LogP contribution in [0.15, 0.2) is 17.2 Å². The second-order valence-corrected chi connectivity index (χ2v) is 5.06. The van der Waals surface area contributed by atoms with E-state index in [1.54, 1.807) is 6.20 Å². The fourth-order valence-electron chi connectivity index (χ4n) is 1.48. The number of nitrogens with zero attached hydrogens (tertiary/aromatic N) is 1. The van der Waals surface area contributed by atoms with Gasteiger partial charge in [-0.05, 0) is 6.07 Å². The lowest BCUT2D eigenvalue weighted by Crippen LogP contribution is -2.02. The third kappa shape index (κ3) is 1.39. The van der Waals surface area contributed by atoms with Crippen LogP contribution in [0.1, 0.15) is 5.69 Å². The van der Waals surface area contributed by atoms with E-state index in [0.717, 1.165) is 18.7 Å². The summed E-state index contributed by atoms with van der Waals surface area (Å²) in [5.74, 6) is 0. The van der Waals surface area contributed by atoms with Crippen molar-refractivity contribution >= 4 is 15.5 Å². The Morgan fingerprint density at radius 3 is 3.00 bits per heavy atom. The molecule has 0 spiro atoms. The van der Waals surface area contributed by atoms with Crippen LogP contribution in [0.2, 0.25) is 0 Å². The molecule has 0 unspecified atom stereocenters. The summed E-state index contributed by atoms with van der Waals surface area (Å²) in [6.07, 6.45) is 3.56. The number of aromatic nitrogens is 1.